The maximum absolute atomic E-state index is 6.20. The van der Waals surface area contributed by atoms with E-state index in [0.29, 0.717) is 11.8 Å². The molecule has 1 N–H and O–H groups in total. The first-order chi connectivity index (χ1) is 9.58. The van der Waals surface area contributed by atoms with Crippen LogP contribution in [0.15, 0.2) is 40.3 Å². The first kappa shape index (κ1) is 13.6. The van der Waals surface area contributed by atoms with Gasteiger partial charge in [0, 0.05) is 29.1 Å². The lowest BCUT2D eigenvalue weighted by Gasteiger charge is -2.23. The number of furan rings is 1. The quantitative estimate of drug-likeness (QED) is 0.767. The minimum absolute atomic E-state index is 0.199. The number of halogens is 1. The Hall–Kier alpha value is -1.36. The molecule has 20 heavy (non-hydrogen) atoms. The molecule has 0 spiro atoms. The first-order valence-corrected chi connectivity index (χ1v) is 7.64. The third kappa shape index (κ3) is 2.46. The summed E-state index contributed by atoms with van der Waals surface area (Å²) in [5.41, 5.74) is 1.61. The summed E-state index contributed by atoms with van der Waals surface area (Å²) in [5.74, 6) is 0. The molecule has 2 heterocycles. The van der Waals surface area contributed by atoms with Crippen LogP contribution in [0.1, 0.15) is 24.4 Å². The Morgan fingerprint density at radius 3 is 2.90 bits per heavy atom. The van der Waals surface area contributed by atoms with Crippen molar-refractivity contribution in [3.8, 4) is 0 Å². The van der Waals surface area contributed by atoms with E-state index in [1.807, 2.05) is 35.8 Å². The zero-order valence-electron chi connectivity index (χ0n) is 11.3. The van der Waals surface area contributed by atoms with Gasteiger partial charge in [-0.2, -0.15) is 0 Å². The predicted octanol–water partition coefficient (Wildman–Crippen LogP) is 4.57. The molecule has 0 bridgehead atoms. The van der Waals surface area contributed by atoms with Crippen molar-refractivity contribution in [2.75, 3.05) is 0 Å². The van der Waals surface area contributed by atoms with E-state index in [-0.39, 0.29) is 5.54 Å². The molecule has 0 saturated heterocycles. The zero-order chi connectivity index (χ0) is 14.2. The largest absolute Gasteiger partial charge is 0.444 e. The lowest BCUT2D eigenvalue weighted by atomic mass is 10.1. The topological polar surface area (TPSA) is 38.1 Å². The van der Waals surface area contributed by atoms with Crippen molar-refractivity contribution in [3.63, 3.8) is 0 Å². The highest BCUT2D eigenvalue weighted by Gasteiger charge is 2.24. The van der Waals surface area contributed by atoms with Crippen LogP contribution in [0.25, 0.3) is 11.0 Å². The van der Waals surface area contributed by atoms with Gasteiger partial charge in [0.1, 0.15) is 10.6 Å². The number of hydrogen-bond donors (Lipinski definition) is 1. The molecule has 0 atom stereocenters. The van der Waals surface area contributed by atoms with Crippen molar-refractivity contribution in [1.82, 2.24) is 10.3 Å². The molecule has 2 aromatic heterocycles. The summed E-state index contributed by atoms with van der Waals surface area (Å²) >= 11 is 7.85. The molecule has 0 aliphatic heterocycles. The average Bonchev–Trinajstić information content (AvgIpc) is 3.04. The van der Waals surface area contributed by atoms with Crippen molar-refractivity contribution in [3.05, 3.63) is 51.6 Å². The SMILES string of the molecule is CC(C)(NCc1c(Cl)oc2ccccc12)c1nccs1. The van der Waals surface area contributed by atoms with Crippen molar-refractivity contribution in [2.45, 2.75) is 25.9 Å². The lowest BCUT2D eigenvalue weighted by Crippen LogP contribution is -2.35. The molecule has 3 nitrogen and oxygen atoms in total. The number of nitrogens with one attached hydrogen (secondary N) is 1. The standard InChI is InChI=1S/C15H15ClN2OS/c1-15(2,14-17-7-8-20-14)18-9-11-10-5-3-4-6-12(10)19-13(11)16/h3-8,18H,9H2,1-2H3. The summed E-state index contributed by atoms with van der Waals surface area (Å²) in [6.07, 6.45) is 1.82. The second kappa shape index (κ2) is 5.20. The molecule has 0 fully saturated rings. The van der Waals surface area contributed by atoms with Gasteiger partial charge in [0.2, 0.25) is 0 Å². The predicted molar refractivity (Wildman–Crippen MR) is 83.2 cm³/mol. The minimum Gasteiger partial charge on any atom is -0.444 e. The summed E-state index contributed by atoms with van der Waals surface area (Å²) in [4.78, 5) is 4.37. The number of aromatic nitrogens is 1. The van der Waals surface area contributed by atoms with E-state index in [1.54, 1.807) is 11.3 Å². The summed E-state index contributed by atoms with van der Waals surface area (Å²) in [7, 11) is 0. The Morgan fingerprint density at radius 1 is 1.35 bits per heavy atom. The summed E-state index contributed by atoms with van der Waals surface area (Å²) in [5, 5.41) is 8.05. The number of benzene rings is 1. The number of rotatable bonds is 4. The van der Waals surface area contributed by atoms with E-state index in [0.717, 1.165) is 21.5 Å². The highest BCUT2D eigenvalue weighted by Crippen LogP contribution is 2.31. The van der Waals surface area contributed by atoms with Gasteiger partial charge < -0.3 is 9.73 Å². The van der Waals surface area contributed by atoms with Crippen molar-refractivity contribution >= 4 is 33.9 Å². The van der Waals surface area contributed by atoms with Crippen LogP contribution < -0.4 is 5.32 Å². The van der Waals surface area contributed by atoms with Gasteiger partial charge >= 0.3 is 0 Å². The highest BCUT2D eigenvalue weighted by molar-refractivity contribution is 7.09. The molecule has 0 saturated carbocycles. The van der Waals surface area contributed by atoms with Crippen LogP contribution in [0.4, 0.5) is 0 Å². The third-order valence-corrected chi connectivity index (χ3v) is 4.73. The van der Waals surface area contributed by atoms with Gasteiger partial charge in [-0.15, -0.1) is 11.3 Å². The summed E-state index contributed by atoms with van der Waals surface area (Å²) < 4.78 is 5.57. The molecular weight excluding hydrogens is 292 g/mol. The van der Waals surface area contributed by atoms with Crippen LogP contribution in [0.3, 0.4) is 0 Å². The van der Waals surface area contributed by atoms with Crippen LogP contribution in [0.5, 0.6) is 0 Å². The first-order valence-electron chi connectivity index (χ1n) is 6.39. The van der Waals surface area contributed by atoms with Crippen molar-refractivity contribution in [1.29, 1.82) is 0 Å². The molecule has 3 rings (SSSR count). The van der Waals surface area contributed by atoms with Crippen molar-refractivity contribution < 1.29 is 4.42 Å². The molecule has 0 radical (unpaired) electrons. The number of hydrogen-bond acceptors (Lipinski definition) is 4. The fraction of sp³-hybridized carbons (Fsp3) is 0.267. The van der Waals surface area contributed by atoms with Crippen LogP contribution in [0, 0.1) is 0 Å². The van der Waals surface area contributed by atoms with E-state index < -0.39 is 0 Å². The molecule has 104 valence electrons. The molecule has 0 aliphatic rings. The monoisotopic (exact) mass is 306 g/mol. The number of fused-ring (bicyclic) bond motifs is 1. The number of para-hydroxylation sites is 1. The van der Waals surface area contributed by atoms with E-state index in [4.69, 9.17) is 16.0 Å². The van der Waals surface area contributed by atoms with E-state index in [1.165, 1.54) is 0 Å². The summed E-state index contributed by atoms with van der Waals surface area (Å²) in [6, 6.07) is 7.89. The Morgan fingerprint density at radius 2 is 2.15 bits per heavy atom. The Kier molecular flexibility index (Phi) is 3.54. The molecule has 5 heteroatoms. The van der Waals surface area contributed by atoms with Crippen LogP contribution in [0.2, 0.25) is 5.22 Å². The smallest absolute Gasteiger partial charge is 0.199 e. The van der Waals surface area contributed by atoms with E-state index in [9.17, 15) is 0 Å². The molecule has 0 amide bonds. The zero-order valence-corrected chi connectivity index (χ0v) is 12.9. The minimum atomic E-state index is -0.199. The van der Waals surface area contributed by atoms with E-state index in [2.05, 4.69) is 24.1 Å². The Bertz CT molecular complexity index is 719. The van der Waals surface area contributed by atoms with Crippen molar-refractivity contribution in [2.24, 2.45) is 0 Å². The second-order valence-corrected chi connectivity index (χ2v) is 6.40. The van der Waals surface area contributed by atoms with Gasteiger partial charge in [-0.3, -0.25) is 0 Å². The van der Waals surface area contributed by atoms with Crippen LogP contribution in [-0.2, 0) is 12.1 Å². The number of thiazole rings is 1. The Labute approximate surface area is 126 Å². The summed E-state index contributed by atoms with van der Waals surface area (Å²) in [6.45, 7) is 4.87. The van der Waals surface area contributed by atoms with Gasteiger partial charge in [-0.1, -0.05) is 18.2 Å². The maximum atomic E-state index is 6.20. The fourth-order valence-electron chi connectivity index (χ4n) is 2.15. The molecule has 0 aliphatic carbocycles. The Balaban J connectivity index is 1.85. The van der Waals surface area contributed by atoms with Crippen LogP contribution >= 0.6 is 22.9 Å². The second-order valence-electron chi connectivity index (χ2n) is 5.17. The van der Waals surface area contributed by atoms with E-state index >= 15 is 0 Å². The van der Waals surface area contributed by atoms with Gasteiger partial charge in [0.25, 0.3) is 0 Å². The molecule has 0 unspecified atom stereocenters. The number of nitrogens with zero attached hydrogens (tertiary/aromatic N) is 1. The lowest BCUT2D eigenvalue weighted by molar-refractivity contribution is 0.399. The molecular formula is C15H15ClN2OS. The molecule has 3 aromatic rings. The fourth-order valence-corrected chi connectivity index (χ4v) is 3.14. The highest BCUT2D eigenvalue weighted by atomic mass is 35.5. The van der Waals surface area contributed by atoms with Crippen LogP contribution in [-0.4, -0.2) is 4.98 Å². The van der Waals surface area contributed by atoms with Gasteiger partial charge in [-0.25, -0.2) is 4.98 Å². The van der Waals surface area contributed by atoms with Gasteiger partial charge in [0.15, 0.2) is 5.22 Å². The van der Waals surface area contributed by atoms with Gasteiger partial charge in [-0.05, 0) is 31.5 Å². The average molecular weight is 307 g/mol. The normalized spacial score (nSPS) is 12.2. The third-order valence-electron chi connectivity index (χ3n) is 3.32. The van der Waals surface area contributed by atoms with Gasteiger partial charge in [0.05, 0.1) is 5.54 Å². The molecule has 1 aromatic carbocycles. The maximum Gasteiger partial charge on any atom is 0.199 e.